The smallest absolute Gasteiger partial charge is 0.241 e. The number of rotatable bonds is 6. The number of anilines is 1. The van der Waals surface area contributed by atoms with Gasteiger partial charge < -0.3 is 15.6 Å². The van der Waals surface area contributed by atoms with Gasteiger partial charge in [-0.2, -0.15) is 0 Å². The maximum atomic E-state index is 11.9. The zero-order valence-corrected chi connectivity index (χ0v) is 15.9. The zero-order valence-electron chi connectivity index (χ0n) is 14.2. The van der Waals surface area contributed by atoms with Crippen molar-refractivity contribution in [3.63, 3.8) is 0 Å². The van der Waals surface area contributed by atoms with Crippen LogP contribution < -0.4 is 11.1 Å². The van der Waals surface area contributed by atoms with Gasteiger partial charge in [0.1, 0.15) is 5.82 Å². The third-order valence-corrected chi connectivity index (χ3v) is 3.59. The molecule has 0 bridgehead atoms. The van der Waals surface area contributed by atoms with Crippen molar-refractivity contribution in [3.8, 4) is 0 Å². The second-order valence-corrected chi connectivity index (χ2v) is 5.77. The Kier molecular flexibility index (Phi) is 9.66. The molecular weight excluding hydrogens is 347 g/mol. The van der Waals surface area contributed by atoms with Crippen molar-refractivity contribution >= 4 is 36.4 Å². The van der Waals surface area contributed by atoms with Gasteiger partial charge in [0.05, 0.1) is 6.04 Å². The number of hydrogen-bond acceptors (Lipinski definition) is 3. The molecule has 0 fully saturated rings. The molecule has 134 valence electrons. The molecule has 2 rings (SSSR count). The lowest BCUT2D eigenvalue weighted by molar-refractivity contribution is -0.117. The SMILES string of the molecule is CC[C@H](N)C(=O)Nc1cccc(Cn2ccnc2C(C)C)c1.Cl.Cl. The van der Waals surface area contributed by atoms with E-state index in [0.29, 0.717) is 12.3 Å². The number of carbonyl (C=O) groups is 1. The van der Waals surface area contributed by atoms with Crippen LogP contribution in [0, 0.1) is 0 Å². The Morgan fingerprint density at radius 3 is 2.67 bits per heavy atom. The molecule has 0 radical (unpaired) electrons. The Hall–Kier alpha value is -1.56. The van der Waals surface area contributed by atoms with Crippen LogP contribution in [-0.2, 0) is 11.3 Å². The van der Waals surface area contributed by atoms with Crippen molar-refractivity contribution in [2.75, 3.05) is 5.32 Å². The van der Waals surface area contributed by atoms with Crippen LogP contribution >= 0.6 is 24.8 Å². The first kappa shape index (κ1) is 22.4. The fourth-order valence-corrected chi connectivity index (χ4v) is 2.32. The van der Waals surface area contributed by atoms with Gasteiger partial charge in [-0.05, 0) is 24.1 Å². The Morgan fingerprint density at radius 1 is 1.33 bits per heavy atom. The second kappa shape index (κ2) is 10.3. The highest BCUT2D eigenvalue weighted by Crippen LogP contribution is 2.16. The largest absolute Gasteiger partial charge is 0.330 e. The van der Waals surface area contributed by atoms with Gasteiger partial charge in [-0.15, -0.1) is 24.8 Å². The van der Waals surface area contributed by atoms with Gasteiger partial charge in [0.2, 0.25) is 5.91 Å². The van der Waals surface area contributed by atoms with Crippen LogP contribution in [0.3, 0.4) is 0 Å². The summed E-state index contributed by atoms with van der Waals surface area (Å²) in [4.78, 5) is 16.3. The highest BCUT2D eigenvalue weighted by molar-refractivity contribution is 5.94. The summed E-state index contributed by atoms with van der Waals surface area (Å²) in [5.74, 6) is 1.29. The fraction of sp³-hybridized carbons (Fsp3) is 0.412. The van der Waals surface area contributed by atoms with Gasteiger partial charge in [-0.1, -0.05) is 32.9 Å². The molecule has 1 heterocycles. The molecule has 0 aliphatic rings. The number of aromatic nitrogens is 2. The summed E-state index contributed by atoms with van der Waals surface area (Å²) >= 11 is 0. The Bertz CT molecular complexity index is 643. The number of amides is 1. The van der Waals surface area contributed by atoms with E-state index in [1.54, 1.807) is 0 Å². The van der Waals surface area contributed by atoms with Gasteiger partial charge in [0.25, 0.3) is 0 Å². The highest BCUT2D eigenvalue weighted by atomic mass is 35.5. The van der Waals surface area contributed by atoms with Gasteiger partial charge in [0, 0.05) is 30.5 Å². The average Bonchev–Trinajstić information content (AvgIpc) is 2.95. The van der Waals surface area contributed by atoms with Gasteiger partial charge >= 0.3 is 0 Å². The van der Waals surface area contributed by atoms with Crippen molar-refractivity contribution < 1.29 is 4.79 Å². The van der Waals surface area contributed by atoms with Crippen molar-refractivity contribution in [2.24, 2.45) is 5.73 Å². The summed E-state index contributed by atoms with van der Waals surface area (Å²) < 4.78 is 2.13. The van der Waals surface area contributed by atoms with Gasteiger partial charge in [-0.25, -0.2) is 4.98 Å². The van der Waals surface area contributed by atoms with Crippen LogP contribution in [0.4, 0.5) is 5.69 Å². The number of imidazole rings is 1. The van der Waals surface area contributed by atoms with E-state index in [9.17, 15) is 4.79 Å². The standard InChI is InChI=1S/C17H24N4O.2ClH/c1-4-15(18)17(22)20-14-7-5-6-13(10-14)11-21-9-8-19-16(21)12(2)3;;/h5-10,12,15H,4,11,18H2,1-3H3,(H,20,22);2*1H/t15-;;/m0../s1. The number of carbonyl (C=O) groups excluding carboxylic acids is 1. The third kappa shape index (κ3) is 5.82. The maximum absolute atomic E-state index is 11.9. The van der Waals surface area contributed by atoms with E-state index in [0.717, 1.165) is 23.6 Å². The molecule has 1 aromatic heterocycles. The van der Waals surface area contributed by atoms with Crippen LogP contribution in [0.5, 0.6) is 0 Å². The van der Waals surface area contributed by atoms with Crippen LogP contribution in [0.25, 0.3) is 0 Å². The number of nitrogens with zero attached hydrogens (tertiary/aromatic N) is 2. The molecule has 0 spiro atoms. The van der Waals surface area contributed by atoms with Crippen molar-refractivity contribution in [1.82, 2.24) is 9.55 Å². The number of halogens is 2. The van der Waals surface area contributed by atoms with E-state index >= 15 is 0 Å². The van der Waals surface area contributed by atoms with E-state index in [4.69, 9.17) is 5.73 Å². The van der Waals surface area contributed by atoms with E-state index < -0.39 is 6.04 Å². The molecule has 0 aliphatic heterocycles. The minimum atomic E-state index is -0.468. The average molecular weight is 373 g/mol. The predicted molar refractivity (Wildman–Crippen MR) is 103 cm³/mol. The fourth-order valence-electron chi connectivity index (χ4n) is 2.32. The minimum absolute atomic E-state index is 0. The number of hydrogen-bond donors (Lipinski definition) is 2. The molecule has 24 heavy (non-hydrogen) atoms. The Balaban J connectivity index is 0.00000264. The number of nitrogens with one attached hydrogen (secondary N) is 1. The molecule has 3 N–H and O–H groups in total. The first-order chi connectivity index (χ1) is 10.5. The van der Waals surface area contributed by atoms with Crippen LogP contribution in [0.1, 0.15) is 44.5 Å². The van der Waals surface area contributed by atoms with Crippen molar-refractivity contribution in [1.29, 1.82) is 0 Å². The van der Waals surface area contributed by atoms with E-state index in [-0.39, 0.29) is 30.7 Å². The Morgan fingerprint density at radius 2 is 2.04 bits per heavy atom. The monoisotopic (exact) mass is 372 g/mol. The molecule has 0 unspecified atom stereocenters. The molecule has 0 saturated carbocycles. The van der Waals surface area contributed by atoms with Crippen LogP contribution in [-0.4, -0.2) is 21.5 Å². The van der Waals surface area contributed by atoms with Crippen LogP contribution in [0.2, 0.25) is 0 Å². The van der Waals surface area contributed by atoms with Crippen molar-refractivity contribution in [3.05, 3.63) is 48.0 Å². The summed E-state index contributed by atoms with van der Waals surface area (Å²) in [6.45, 7) is 6.88. The molecule has 1 amide bonds. The van der Waals surface area contributed by atoms with Gasteiger partial charge in [-0.3, -0.25) is 4.79 Å². The molecule has 2 aromatic rings. The first-order valence-corrected chi connectivity index (χ1v) is 7.67. The second-order valence-electron chi connectivity index (χ2n) is 5.77. The molecule has 1 atom stereocenters. The molecule has 0 aliphatic carbocycles. The summed E-state index contributed by atoms with van der Waals surface area (Å²) in [5.41, 5.74) is 7.63. The topological polar surface area (TPSA) is 72.9 Å². The van der Waals surface area contributed by atoms with E-state index in [1.807, 2.05) is 43.6 Å². The first-order valence-electron chi connectivity index (χ1n) is 7.67. The number of nitrogens with two attached hydrogens (primary N) is 1. The lowest BCUT2D eigenvalue weighted by atomic mass is 10.1. The summed E-state index contributed by atoms with van der Waals surface area (Å²) in [6.07, 6.45) is 4.42. The highest BCUT2D eigenvalue weighted by Gasteiger charge is 2.11. The molecule has 0 saturated heterocycles. The quantitative estimate of drug-likeness (QED) is 0.813. The zero-order chi connectivity index (χ0) is 16.1. The summed E-state index contributed by atoms with van der Waals surface area (Å²) in [7, 11) is 0. The molecule has 5 nitrogen and oxygen atoms in total. The predicted octanol–water partition coefficient (Wildman–Crippen LogP) is 3.57. The van der Waals surface area contributed by atoms with Gasteiger partial charge in [0.15, 0.2) is 0 Å². The molecular formula is C17H26Cl2N4O. The lowest BCUT2D eigenvalue weighted by Gasteiger charge is -2.13. The normalized spacial score (nSPS) is 11.4. The summed E-state index contributed by atoms with van der Waals surface area (Å²) in [6, 6.07) is 7.36. The number of benzene rings is 1. The summed E-state index contributed by atoms with van der Waals surface area (Å²) in [5, 5.41) is 2.86. The molecule has 1 aromatic carbocycles. The Labute approximate surface area is 155 Å². The lowest BCUT2D eigenvalue weighted by Crippen LogP contribution is -2.34. The molecule has 7 heteroatoms. The van der Waals surface area contributed by atoms with E-state index in [1.165, 1.54) is 0 Å². The maximum Gasteiger partial charge on any atom is 0.241 e. The van der Waals surface area contributed by atoms with E-state index in [2.05, 4.69) is 28.7 Å². The van der Waals surface area contributed by atoms with Crippen LogP contribution in [0.15, 0.2) is 36.7 Å². The van der Waals surface area contributed by atoms with Crippen molar-refractivity contribution in [2.45, 2.75) is 45.7 Å². The third-order valence-electron chi connectivity index (χ3n) is 3.59. The minimum Gasteiger partial charge on any atom is -0.330 e.